The summed E-state index contributed by atoms with van der Waals surface area (Å²) >= 11 is 17.9. The maximum Gasteiger partial charge on any atom is 0.194 e. The van der Waals surface area contributed by atoms with Gasteiger partial charge in [-0.3, -0.25) is 0 Å². The van der Waals surface area contributed by atoms with Gasteiger partial charge in [-0.15, -0.1) is 0 Å². The molecule has 18 heavy (non-hydrogen) atoms. The van der Waals surface area contributed by atoms with Crippen LogP contribution in [0.4, 0.5) is 5.69 Å². The molecule has 0 saturated heterocycles. The summed E-state index contributed by atoms with van der Waals surface area (Å²) in [5, 5.41) is 1.17. The van der Waals surface area contributed by atoms with Gasteiger partial charge < -0.3 is 15.2 Å². The van der Waals surface area contributed by atoms with Gasteiger partial charge in [0.15, 0.2) is 23.0 Å². The smallest absolute Gasteiger partial charge is 0.194 e. The van der Waals surface area contributed by atoms with Crippen LogP contribution in [0.3, 0.4) is 0 Å². The second-order valence-electron chi connectivity index (χ2n) is 3.71. The quantitative estimate of drug-likeness (QED) is 0.586. The number of hydrogen-bond donors (Lipinski definition) is 1. The number of nitrogens with two attached hydrogens (primary N) is 1. The van der Waals surface area contributed by atoms with Gasteiger partial charge in [-0.05, 0) is 12.1 Å². The van der Waals surface area contributed by atoms with Gasteiger partial charge >= 0.3 is 0 Å². The minimum atomic E-state index is 0.377. The van der Waals surface area contributed by atoms with Crippen LogP contribution in [0.5, 0.6) is 23.0 Å². The summed E-state index contributed by atoms with van der Waals surface area (Å²) in [4.78, 5) is 0. The molecule has 2 aromatic carbocycles. The minimum Gasteiger partial charge on any atom is -0.448 e. The number of nitrogen functional groups attached to an aromatic ring is 1. The summed E-state index contributed by atoms with van der Waals surface area (Å²) < 4.78 is 11.3. The summed E-state index contributed by atoms with van der Waals surface area (Å²) in [6.45, 7) is 0. The first-order chi connectivity index (χ1) is 8.56. The third-order valence-electron chi connectivity index (χ3n) is 2.51. The van der Waals surface area contributed by atoms with Gasteiger partial charge in [-0.2, -0.15) is 0 Å². The van der Waals surface area contributed by atoms with E-state index in [4.69, 9.17) is 50.0 Å². The second-order valence-corrected chi connectivity index (χ2v) is 4.93. The molecule has 2 aromatic rings. The largest absolute Gasteiger partial charge is 0.448 e. The van der Waals surface area contributed by atoms with Gasteiger partial charge in [0.2, 0.25) is 0 Å². The summed E-state index contributed by atoms with van der Waals surface area (Å²) in [5.74, 6) is 1.66. The van der Waals surface area contributed by atoms with Crippen LogP contribution in [-0.2, 0) is 0 Å². The van der Waals surface area contributed by atoms with Crippen molar-refractivity contribution in [2.45, 2.75) is 0 Å². The van der Waals surface area contributed by atoms with Crippen LogP contribution in [0.15, 0.2) is 24.3 Å². The summed E-state index contributed by atoms with van der Waals surface area (Å²) in [5.41, 5.74) is 6.25. The van der Waals surface area contributed by atoms with E-state index < -0.39 is 0 Å². The number of anilines is 1. The number of halogens is 3. The molecule has 0 unspecified atom stereocenters. The molecule has 0 atom stereocenters. The molecule has 1 heterocycles. The molecule has 3 rings (SSSR count). The Morgan fingerprint density at radius 3 is 1.94 bits per heavy atom. The normalized spacial score (nSPS) is 12.2. The topological polar surface area (TPSA) is 44.5 Å². The van der Waals surface area contributed by atoms with Crippen LogP contribution in [0.2, 0.25) is 15.1 Å². The lowest BCUT2D eigenvalue weighted by Gasteiger charge is -2.22. The second kappa shape index (κ2) is 4.12. The molecule has 0 fully saturated rings. The van der Waals surface area contributed by atoms with Crippen molar-refractivity contribution in [1.29, 1.82) is 0 Å². The Bertz CT molecular complexity index is 602. The van der Waals surface area contributed by atoms with Crippen molar-refractivity contribution in [3.63, 3.8) is 0 Å². The molecule has 6 heteroatoms. The van der Waals surface area contributed by atoms with Crippen molar-refractivity contribution in [2.24, 2.45) is 0 Å². The van der Waals surface area contributed by atoms with E-state index in [1.165, 1.54) is 0 Å². The standard InChI is InChI=1S/C12H6Cl3NO2/c13-5-1-2-8(16)12-11(5)17-9-3-6(14)7(15)4-10(9)18-12/h1-4H,16H2. The molecule has 0 aromatic heterocycles. The van der Waals surface area contributed by atoms with E-state index >= 15 is 0 Å². The van der Waals surface area contributed by atoms with Gasteiger partial charge in [-0.1, -0.05) is 34.8 Å². The monoisotopic (exact) mass is 301 g/mol. The van der Waals surface area contributed by atoms with Gasteiger partial charge in [0, 0.05) is 12.1 Å². The zero-order valence-electron chi connectivity index (χ0n) is 8.84. The zero-order valence-corrected chi connectivity index (χ0v) is 11.1. The third kappa shape index (κ3) is 1.75. The lowest BCUT2D eigenvalue weighted by molar-refractivity contribution is 0.361. The first-order valence-electron chi connectivity index (χ1n) is 4.99. The summed E-state index contributed by atoms with van der Waals surface area (Å²) in [6.07, 6.45) is 0. The van der Waals surface area contributed by atoms with Crippen LogP contribution >= 0.6 is 34.8 Å². The fraction of sp³-hybridized carbons (Fsp3) is 0. The van der Waals surface area contributed by atoms with Crippen LogP contribution in [0.25, 0.3) is 0 Å². The molecule has 0 aliphatic carbocycles. The number of fused-ring (bicyclic) bond motifs is 2. The van der Waals surface area contributed by atoms with Gasteiger partial charge in [0.25, 0.3) is 0 Å². The molecule has 0 saturated carbocycles. The van der Waals surface area contributed by atoms with Crippen LogP contribution in [0, 0.1) is 0 Å². The predicted molar refractivity (Wildman–Crippen MR) is 72.5 cm³/mol. The van der Waals surface area contributed by atoms with E-state index in [1.807, 2.05) is 0 Å². The van der Waals surface area contributed by atoms with E-state index in [0.717, 1.165) is 0 Å². The fourth-order valence-corrected chi connectivity index (χ4v) is 2.14. The Labute approximate surface area is 118 Å². The van der Waals surface area contributed by atoms with Gasteiger partial charge in [-0.25, -0.2) is 0 Å². The molecular formula is C12H6Cl3NO2. The molecule has 0 amide bonds. The lowest BCUT2D eigenvalue weighted by Crippen LogP contribution is -2.02. The predicted octanol–water partition coefficient (Wildman–Crippen LogP) is 5.13. The van der Waals surface area contributed by atoms with Crippen LogP contribution in [-0.4, -0.2) is 0 Å². The highest BCUT2D eigenvalue weighted by atomic mass is 35.5. The van der Waals surface area contributed by atoms with E-state index in [-0.39, 0.29) is 0 Å². The van der Waals surface area contributed by atoms with E-state index in [2.05, 4.69) is 0 Å². The van der Waals surface area contributed by atoms with Crippen molar-refractivity contribution >= 4 is 40.5 Å². The molecule has 0 bridgehead atoms. The average molecular weight is 303 g/mol. The Morgan fingerprint density at radius 2 is 1.33 bits per heavy atom. The van der Waals surface area contributed by atoms with Crippen LogP contribution < -0.4 is 15.2 Å². The van der Waals surface area contributed by atoms with Crippen molar-refractivity contribution in [3.05, 3.63) is 39.3 Å². The minimum absolute atomic E-state index is 0.377. The molecule has 0 radical (unpaired) electrons. The lowest BCUT2D eigenvalue weighted by atomic mass is 10.2. The van der Waals surface area contributed by atoms with Crippen LogP contribution in [0.1, 0.15) is 0 Å². The maximum atomic E-state index is 6.03. The fourth-order valence-electron chi connectivity index (χ4n) is 1.64. The summed E-state index contributed by atoms with van der Waals surface area (Å²) in [6, 6.07) is 6.43. The van der Waals surface area contributed by atoms with E-state index in [0.29, 0.717) is 43.8 Å². The van der Waals surface area contributed by atoms with Crippen molar-refractivity contribution in [2.75, 3.05) is 5.73 Å². The SMILES string of the molecule is Nc1ccc(Cl)c2c1Oc1cc(Cl)c(Cl)cc1O2. The number of benzene rings is 2. The number of rotatable bonds is 0. The highest BCUT2D eigenvalue weighted by molar-refractivity contribution is 6.42. The molecule has 1 aliphatic rings. The third-order valence-corrected chi connectivity index (χ3v) is 3.53. The summed E-state index contributed by atoms with van der Waals surface area (Å²) in [7, 11) is 0. The van der Waals surface area contributed by atoms with Crippen molar-refractivity contribution in [3.8, 4) is 23.0 Å². The van der Waals surface area contributed by atoms with Crippen molar-refractivity contribution in [1.82, 2.24) is 0 Å². The van der Waals surface area contributed by atoms with Crippen molar-refractivity contribution < 1.29 is 9.47 Å². The van der Waals surface area contributed by atoms with E-state index in [9.17, 15) is 0 Å². The Hall–Kier alpha value is -1.29. The highest BCUT2D eigenvalue weighted by Gasteiger charge is 2.24. The molecular weight excluding hydrogens is 296 g/mol. The zero-order chi connectivity index (χ0) is 12.9. The average Bonchev–Trinajstić information content (AvgIpc) is 2.34. The Kier molecular flexibility index (Phi) is 2.70. The maximum absolute atomic E-state index is 6.03. The van der Waals surface area contributed by atoms with E-state index in [1.54, 1.807) is 24.3 Å². The molecule has 0 spiro atoms. The first-order valence-corrected chi connectivity index (χ1v) is 6.12. The number of ether oxygens (including phenoxy) is 2. The highest BCUT2D eigenvalue weighted by Crippen LogP contribution is 2.52. The Morgan fingerprint density at radius 1 is 0.778 bits per heavy atom. The molecule has 3 nitrogen and oxygen atoms in total. The molecule has 1 aliphatic heterocycles. The molecule has 92 valence electrons. The van der Waals surface area contributed by atoms with Gasteiger partial charge in [0.1, 0.15) is 0 Å². The Balaban J connectivity index is 2.17. The number of hydrogen-bond acceptors (Lipinski definition) is 3. The van der Waals surface area contributed by atoms with Gasteiger partial charge in [0.05, 0.1) is 20.8 Å². The molecule has 2 N–H and O–H groups in total. The first kappa shape index (κ1) is 11.8.